The Labute approximate surface area is 207 Å². The molecule has 184 valence electrons. The maximum absolute atomic E-state index is 5.59. The van der Waals surface area contributed by atoms with Crippen molar-refractivity contribution in [1.82, 2.24) is 24.1 Å². The van der Waals surface area contributed by atoms with Gasteiger partial charge in [0.15, 0.2) is 35.2 Å². The van der Waals surface area contributed by atoms with Crippen LogP contribution >= 0.6 is 0 Å². The number of methoxy groups -OCH3 is 3. The summed E-state index contributed by atoms with van der Waals surface area (Å²) in [5.74, 6) is 2.53. The SMILES string of the molecule is COc1ccc(/C=N/OCc2nc3c4c(C)c(C)n(-c5ccccc5OC)c4ncn3n2)cc1OC. The van der Waals surface area contributed by atoms with Crippen LogP contribution in [-0.4, -0.2) is 51.7 Å². The topological polar surface area (TPSA) is 97.3 Å². The summed E-state index contributed by atoms with van der Waals surface area (Å²) in [7, 11) is 4.84. The molecule has 3 aromatic heterocycles. The van der Waals surface area contributed by atoms with Crippen molar-refractivity contribution in [2.24, 2.45) is 5.16 Å². The Balaban J connectivity index is 1.43. The highest BCUT2D eigenvalue weighted by Gasteiger charge is 2.20. The fourth-order valence-corrected chi connectivity index (χ4v) is 4.20. The minimum Gasteiger partial charge on any atom is -0.495 e. The predicted molar refractivity (Wildman–Crippen MR) is 136 cm³/mol. The molecule has 0 aliphatic heterocycles. The Morgan fingerprint density at radius 3 is 2.47 bits per heavy atom. The highest BCUT2D eigenvalue weighted by molar-refractivity contribution is 5.95. The van der Waals surface area contributed by atoms with Gasteiger partial charge in [-0.3, -0.25) is 4.57 Å². The van der Waals surface area contributed by atoms with Gasteiger partial charge in [-0.25, -0.2) is 14.5 Å². The lowest BCUT2D eigenvalue weighted by atomic mass is 10.2. The monoisotopic (exact) mass is 486 g/mol. The molecule has 0 saturated heterocycles. The van der Waals surface area contributed by atoms with Gasteiger partial charge in [-0.2, -0.15) is 0 Å². The van der Waals surface area contributed by atoms with Gasteiger partial charge in [0.05, 0.1) is 38.6 Å². The third-order valence-corrected chi connectivity index (χ3v) is 6.08. The lowest BCUT2D eigenvalue weighted by Gasteiger charge is -2.12. The first-order valence-electron chi connectivity index (χ1n) is 11.3. The molecule has 0 aliphatic carbocycles. The number of benzene rings is 2. The van der Waals surface area contributed by atoms with Crippen LogP contribution in [0.5, 0.6) is 17.2 Å². The number of hydrogen-bond acceptors (Lipinski definition) is 8. The molecule has 0 spiro atoms. The quantitative estimate of drug-likeness (QED) is 0.239. The summed E-state index contributed by atoms with van der Waals surface area (Å²) in [4.78, 5) is 14.9. The van der Waals surface area contributed by atoms with E-state index in [4.69, 9.17) is 29.0 Å². The first-order valence-corrected chi connectivity index (χ1v) is 11.3. The van der Waals surface area contributed by atoms with E-state index in [1.807, 2.05) is 42.5 Å². The molecule has 0 unspecified atom stereocenters. The Morgan fingerprint density at radius 2 is 1.69 bits per heavy atom. The van der Waals surface area contributed by atoms with Crippen LogP contribution in [0.25, 0.3) is 22.4 Å². The van der Waals surface area contributed by atoms with Gasteiger partial charge < -0.3 is 19.0 Å². The van der Waals surface area contributed by atoms with Crippen LogP contribution < -0.4 is 14.2 Å². The Morgan fingerprint density at radius 1 is 0.917 bits per heavy atom. The standard InChI is InChI=1S/C26H26N6O4/c1-16-17(2)32(19-8-6-7-9-20(19)33-3)25-24(16)26-29-23(30-31(26)15-27-25)14-36-28-13-18-10-11-21(34-4)22(12-18)35-5/h6-13,15H,14H2,1-5H3/b28-13+. The summed E-state index contributed by atoms with van der Waals surface area (Å²) in [6.07, 6.45) is 3.25. The van der Waals surface area contributed by atoms with Crippen LogP contribution in [0.2, 0.25) is 0 Å². The second kappa shape index (κ2) is 9.57. The summed E-state index contributed by atoms with van der Waals surface area (Å²) in [6, 6.07) is 13.3. The van der Waals surface area contributed by atoms with Crippen molar-refractivity contribution in [3.8, 4) is 22.9 Å². The molecular weight excluding hydrogens is 460 g/mol. The zero-order valence-electron chi connectivity index (χ0n) is 20.7. The molecule has 0 N–H and O–H groups in total. The third-order valence-electron chi connectivity index (χ3n) is 6.08. The zero-order valence-corrected chi connectivity index (χ0v) is 20.7. The van der Waals surface area contributed by atoms with Crippen molar-refractivity contribution < 1.29 is 19.0 Å². The summed E-state index contributed by atoms with van der Waals surface area (Å²) >= 11 is 0. The fourth-order valence-electron chi connectivity index (χ4n) is 4.20. The van der Waals surface area contributed by atoms with E-state index in [9.17, 15) is 0 Å². The van der Waals surface area contributed by atoms with Crippen molar-refractivity contribution in [3.05, 3.63) is 71.4 Å². The molecule has 0 radical (unpaired) electrons. The number of fused-ring (bicyclic) bond motifs is 3. The van der Waals surface area contributed by atoms with Crippen LogP contribution in [0.3, 0.4) is 0 Å². The average molecular weight is 487 g/mol. The molecule has 0 bridgehead atoms. The zero-order chi connectivity index (χ0) is 25.2. The van der Waals surface area contributed by atoms with Gasteiger partial charge in [0.2, 0.25) is 0 Å². The van der Waals surface area contributed by atoms with Crippen LogP contribution in [-0.2, 0) is 11.4 Å². The fraction of sp³-hybridized carbons (Fsp3) is 0.231. The van der Waals surface area contributed by atoms with Crippen molar-refractivity contribution >= 4 is 22.9 Å². The number of aromatic nitrogens is 5. The van der Waals surface area contributed by atoms with Gasteiger partial charge in [-0.1, -0.05) is 17.3 Å². The van der Waals surface area contributed by atoms with E-state index in [0.717, 1.165) is 39.3 Å². The maximum atomic E-state index is 5.59. The average Bonchev–Trinajstić information content (AvgIpc) is 3.44. The number of nitrogens with zero attached hydrogens (tertiary/aromatic N) is 6. The van der Waals surface area contributed by atoms with Crippen molar-refractivity contribution in [2.45, 2.75) is 20.5 Å². The Kier molecular flexibility index (Phi) is 6.16. The van der Waals surface area contributed by atoms with Gasteiger partial charge >= 0.3 is 0 Å². The predicted octanol–water partition coefficient (Wildman–Crippen LogP) is 4.26. The van der Waals surface area contributed by atoms with Crippen LogP contribution in [0.15, 0.2) is 53.9 Å². The van der Waals surface area contributed by atoms with Gasteiger partial charge in [0, 0.05) is 11.3 Å². The second-order valence-corrected chi connectivity index (χ2v) is 8.08. The van der Waals surface area contributed by atoms with Crippen molar-refractivity contribution in [3.63, 3.8) is 0 Å². The van der Waals surface area contributed by atoms with E-state index in [2.05, 4.69) is 28.7 Å². The van der Waals surface area contributed by atoms with Gasteiger partial charge in [-0.15, -0.1) is 5.10 Å². The van der Waals surface area contributed by atoms with E-state index < -0.39 is 0 Å². The molecule has 0 aliphatic rings. The molecule has 36 heavy (non-hydrogen) atoms. The van der Waals surface area contributed by atoms with Gasteiger partial charge in [0.25, 0.3) is 0 Å². The molecule has 0 fully saturated rings. The van der Waals surface area contributed by atoms with Gasteiger partial charge in [0.1, 0.15) is 12.1 Å². The smallest absolute Gasteiger partial charge is 0.192 e. The largest absolute Gasteiger partial charge is 0.495 e. The highest BCUT2D eigenvalue weighted by Crippen LogP contribution is 2.33. The Hall–Kier alpha value is -4.60. The number of ether oxygens (including phenoxy) is 3. The third kappa shape index (κ3) is 3.96. The molecule has 0 amide bonds. The molecule has 2 aromatic carbocycles. The number of oxime groups is 1. The van der Waals surface area contributed by atoms with Crippen LogP contribution in [0.1, 0.15) is 22.6 Å². The number of hydrogen-bond donors (Lipinski definition) is 0. The van der Waals surface area contributed by atoms with E-state index in [1.165, 1.54) is 0 Å². The lowest BCUT2D eigenvalue weighted by molar-refractivity contribution is 0.126. The van der Waals surface area contributed by atoms with Crippen molar-refractivity contribution in [2.75, 3.05) is 21.3 Å². The number of aryl methyl sites for hydroxylation is 1. The van der Waals surface area contributed by atoms with Gasteiger partial charge in [-0.05, 0) is 49.7 Å². The van der Waals surface area contributed by atoms with Crippen LogP contribution in [0, 0.1) is 13.8 Å². The van der Waals surface area contributed by atoms with E-state index in [1.54, 1.807) is 38.4 Å². The maximum Gasteiger partial charge on any atom is 0.192 e. The number of rotatable bonds is 8. The summed E-state index contributed by atoms with van der Waals surface area (Å²) in [6.45, 7) is 4.23. The normalized spacial score (nSPS) is 11.5. The first-order chi connectivity index (χ1) is 17.5. The first kappa shape index (κ1) is 23.2. The molecule has 10 heteroatoms. The summed E-state index contributed by atoms with van der Waals surface area (Å²) in [5.41, 5.74) is 5.34. The molecule has 3 heterocycles. The lowest BCUT2D eigenvalue weighted by Crippen LogP contribution is -2.01. The molecule has 0 atom stereocenters. The molecule has 5 aromatic rings. The second-order valence-electron chi connectivity index (χ2n) is 8.08. The molecular formula is C26H26N6O4. The van der Waals surface area contributed by atoms with E-state index >= 15 is 0 Å². The molecule has 5 rings (SSSR count). The van der Waals surface area contributed by atoms with Crippen LogP contribution in [0.4, 0.5) is 0 Å². The van der Waals surface area contributed by atoms with E-state index in [-0.39, 0.29) is 6.61 Å². The molecule has 0 saturated carbocycles. The highest BCUT2D eigenvalue weighted by atomic mass is 16.6. The minimum atomic E-state index is 0.109. The summed E-state index contributed by atoms with van der Waals surface area (Å²) < 4.78 is 19.9. The van der Waals surface area contributed by atoms with E-state index in [0.29, 0.717) is 23.0 Å². The molecule has 10 nitrogen and oxygen atoms in total. The number of para-hydroxylation sites is 2. The van der Waals surface area contributed by atoms with Crippen molar-refractivity contribution in [1.29, 1.82) is 0 Å². The summed E-state index contributed by atoms with van der Waals surface area (Å²) in [5, 5.41) is 9.49. The Bertz CT molecular complexity index is 1590. The minimum absolute atomic E-state index is 0.109.